The van der Waals surface area contributed by atoms with Crippen molar-refractivity contribution >= 4 is 11.0 Å². The summed E-state index contributed by atoms with van der Waals surface area (Å²) in [6, 6.07) is 51.3. The molecule has 0 bridgehead atoms. The maximum absolute atomic E-state index is 11.9. The minimum atomic E-state index is -0.255. The molecule has 0 aliphatic carbocycles. The minimum Gasteiger partial charge on any atom is -0.507 e. The number of phenols is 1. The van der Waals surface area contributed by atoms with Gasteiger partial charge in [-0.2, -0.15) is 0 Å². The molecule has 0 amide bonds. The average Bonchev–Trinajstić information content (AvgIpc) is 3.53. The summed E-state index contributed by atoms with van der Waals surface area (Å²) in [4.78, 5) is 10.3. The number of benzene rings is 6. The van der Waals surface area contributed by atoms with Crippen LogP contribution in [0.2, 0.25) is 0 Å². The predicted octanol–water partition coefficient (Wildman–Crippen LogP) is 13.3. The molecule has 6 aromatic carbocycles. The average molecular weight is 718 g/mol. The van der Waals surface area contributed by atoms with Crippen LogP contribution in [0.4, 0.5) is 0 Å². The highest BCUT2D eigenvalue weighted by Crippen LogP contribution is 2.44. The summed E-state index contributed by atoms with van der Waals surface area (Å²) in [6.45, 7) is 13.1. The van der Waals surface area contributed by atoms with Crippen LogP contribution >= 0.6 is 0 Å². The third kappa shape index (κ3) is 6.85. The van der Waals surface area contributed by atoms with E-state index in [1.165, 1.54) is 5.56 Å². The SMILES string of the molecule is Cn1c(-c2cc(C(C)(C)C)cc(C(C)(C)C)c2O)nc2c(-c3cc(-c4cc(-c5ccccc5)ccn4)cc(-c4ccccc4-c4ccccc4)c3)cccc21. The van der Waals surface area contributed by atoms with Crippen molar-refractivity contribution in [2.24, 2.45) is 7.05 Å². The number of aromatic hydroxyl groups is 1. The van der Waals surface area contributed by atoms with Crippen molar-refractivity contribution in [1.82, 2.24) is 14.5 Å². The molecule has 0 aliphatic heterocycles. The Labute approximate surface area is 324 Å². The lowest BCUT2D eigenvalue weighted by atomic mass is 9.79. The number of hydrogen-bond acceptors (Lipinski definition) is 3. The number of imidazole rings is 1. The molecule has 4 nitrogen and oxygen atoms in total. The molecule has 0 fully saturated rings. The minimum absolute atomic E-state index is 0.114. The van der Waals surface area contributed by atoms with Gasteiger partial charge in [0.2, 0.25) is 0 Å². The van der Waals surface area contributed by atoms with Crippen LogP contribution in [0, 0.1) is 0 Å². The van der Waals surface area contributed by atoms with Gasteiger partial charge >= 0.3 is 0 Å². The molecule has 8 aromatic rings. The topological polar surface area (TPSA) is 50.9 Å². The lowest BCUT2D eigenvalue weighted by Crippen LogP contribution is -2.17. The van der Waals surface area contributed by atoms with E-state index in [4.69, 9.17) is 9.97 Å². The highest BCUT2D eigenvalue weighted by molar-refractivity contribution is 5.97. The number of aryl methyl sites for hydroxylation is 1. The first-order valence-corrected chi connectivity index (χ1v) is 19.0. The van der Waals surface area contributed by atoms with Gasteiger partial charge in [-0.05, 0) is 97.8 Å². The summed E-state index contributed by atoms with van der Waals surface area (Å²) < 4.78 is 2.12. The van der Waals surface area contributed by atoms with E-state index in [9.17, 15) is 5.11 Å². The molecule has 272 valence electrons. The van der Waals surface area contributed by atoms with Gasteiger partial charge in [-0.3, -0.25) is 4.98 Å². The van der Waals surface area contributed by atoms with Crippen molar-refractivity contribution in [1.29, 1.82) is 0 Å². The van der Waals surface area contributed by atoms with Gasteiger partial charge in [-0.1, -0.05) is 145 Å². The van der Waals surface area contributed by atoms with Crippen LogP contribution in [0.1, 0.15) is 52.7 Å². The van der Waals surface area contributed by atoms with Crippen molar-refractivity contribution in [2.45, 2.75) is 52.4 Å². The fourth-order valence-electron chi connectivity index (χ4n) is 7.59. The molecule has 8 rings (SSSR count). The molecular formula is C51H47N3O. The number of phenolic OH excluding ortho intramolecular Hbond substituents is 1. The monoisotopic (exact) mass is 717 g/mol. The van der Waals surface area contributed by atoms with Crippen LogP contribution in [0.3, 0.4) is 0 Å². The Kier molecular flexibility index (Phi) is 9.01. The van der Waals surface area contributed by atoms with E-state index >= 15 is 0 Å². The molecule has 0 radical (unpaired) electrons. The lowest BCUT2D eigenvalue weighted by Gasteiger charge is -2.27. The zero-order valence-electron chi connectivity index (χ0n) is 32.7. The highest BCUT2D eigenvalue weighted by atomic mass is 16.3. The van der Waals surface area contributed by atoms with Gasteiger partial charge < -0.3 is 9.67 Å². The second-order valence-corrected chi connectivity index (χ2v) is 16.6. The molecule has 0 saturated carbocycles. The van der Waals surface area contributed by atoms with E-state index in [0.29, 0.717) is 0 Å². The Hall–Kier alpha value is -6.26. The maximum atomic E-state index is 11.9. The van der Waals surface area contributed by atoms with Gasteiger partial charge in [0.05, 0.1) is 22.3 Å². The third-order valence-corrected chi connectivity index (χ3v) is 10.7. The van der Waals surface area contributed by atoms with E-state index in [1.54, 1.807) is 0 Å². The molecule has 0 aliphatic rings. The van der Waals surface area contributed by atoms with Gasteiger partial charge in [0.1, 0.15) is 11.6 Å². The molecule has 2 heterocycles. The molecule has 0 spiro atoms. The van der Waals surface area contributed by atoms with Crippen molar-refractivity contribution in [2.75, 3.05) is 0 Å². The van der Waals surface area contributed by atoms with Crippen LogP contribution < -0.4 is 0 Å². The normalized spacial score (nSPS) is 12.0. The fraction of sp³-hybridized carbons (Fsp3) is 0.176. The van der Waals surface area contributed by atoms with Crippen LogP contribution in [0.15, 0.2) is 152 Å². The van der Waals surface area contributed by atoms with Crippen molar-refractivity contribution in [3.8, 4) is 72.9 Å². The highest BCUT2D eigenvalue weighted by Gasteiger charge is 2.28. The number of rotatable bonds is 6. The summed E-state index contributed by atoms with van der Waals surface area (Å²) in [5.41, 5.74) is 15.1. The van der Waals surface area contributed by atoms with Gasteiger partial charge in [0, 0.05) is 29.9 Å². The molecular weight excluding hydrogens is 671 g/mol. The Balaban J connectivity index is 1.36. The summed E-state index contributed by atoms with van der Waals surface area (Å²) in [5.74, 6) is 1.02. The van der Waals surface area contributed by atoms with Crippen molar-refractivity contribution in [3.63, 3.8) is 0 Å². The first-order chi connectivity index (χ1) is 26.4. The molecule has 1 N–H and O–H groups in total. The molecule has 0 saturated heterocycles. The smallest absolute Gasteiger partial charge is 0.144 e. The van der Waals surface area contributed by atoms with E-state index in [2.05, 4.69) is 186 Å². The second-order valence-electron chi connectivity index (χ2n) is 16.6. The molecule has 55 heavy (non-hydrogen) atoms. The van der Waals surface area contributed by atoms with Crippen LogP contribution in [0.5, 0.6) is 5.75 Å². The zero-order valence-corrected chi connectivity index (χ0v) is 32.7. The van der Waals surface area contributed by atoms with Gasteiger partial charge in [-0.25, -0.2) is 4.98 Å². The van der Waals surface area contributed by atoms with Gasteiger partial charge in [-0.15, -0.1) is 0 Å². The van der Waals surface area contributed by atoms with Crippen LogP contribution in [0.25, 0.3) is 78.2 Å². The number of aromatic nitrogens is 3. The largest absolute Gasteiger partial charge is 0.507 e. The summed E-state index contributed by atoms with van der Waals surface area (Å²) >= 11 is 0. The molecule has 0 atom stereocenters. The third-order valence-electron chi connectivity index (χ3n) is 10.7. The second kappa shape index (κ2) is 13.9. The van der Waals surface area contributed by atoms with Crippen LogP contribution in [-0.4, -0.2) is 19.6 Å². The van der Waals surface area contributed by atoms with Crippen molar-refractivity contribution in [3.05, 3.63) is 163 Å². The van der Waals surface area contributed by atoms with E-state index < -0.39 is 0 Å². The molecule has 4 heteroatoms. The Morgan fingerprint density at radius 2 is 1.07 bits per heavy atom. The first kappa shape index (κ1) is 35.8. The van der Waals surface area contributed by atoms with E-state index in [0.717, 1.165) is 83.7 Å². The van der Waals surface area contributed by atoms with E-state index in [1.807, 2.05) is 19.3 Å². The predicted molar refractivity (Wildman–Crippen MR) is 230 cm³/mol. The number of nitrogens with zero attached hydrogens (tertiary/aromatic N) is 3. The Morgan fingerprint density at radius 1 is 0.491 bits per heavy atom. The number of para-hydroxylation sites is 1. The summed E-state index contributed by atoms with van der Waals surface area (Å²) in [7, 11) is 2.05. The Morgan fingerprint density at radius 3 is 1.73 bits per heavy atom. The summed E-state index contributed by atoms with van der Waals surface area (Å²) in [6.07, 6.45) is 1.90. The fourth-order valence-corrected chi connectivity index (χ4v) is 7.59. The summed E-state index contributed by atoms with van der Waals surface area (Å²) in [5, 5.41) is 11.9. The maximum Gasteiger partial charge on any atom is 0.144 e. The van der Waals surface area contributed by atoms with Crippen molar-refractivity contribution < 1.29 is 5.11 Å². The molecule has 2 aromatic heterocycles. The van der Waals surface area contributed by atoms with E-state index in [-0.39, 0.29) is 16.6 Å². The first-order valence-electron chi connectivity index (χ1n) is 19.0. The van der Waals surface area contributed by atoms with Gasteiger partial charge in [0.25, 0.3) is 0 Å². The van der Waals surface area contributed by atoms with Crippen LogP contribution in [-0.2, 0) is 17.9 Å². The Bertz CT molecular complexity index is 2680. The molecule has 0 unspecified atom stereocenters. The lowest BCUT2D eigenvalue weighted by molar-refractivity contribution is 0.446. The standard InChI is InChI=1S/C51H47N3O/c1-50(2,3)39-31-43(48(55)44(32-39)51(4,5)6)49-53-47-42(23-16-24-46(47)54(49)7)37-27-36(41-22-15-14-21-40(41)34-19-12-9-13-20-34)28-38(29-37)45-30-35(25-26-52-45)33-17-10-8-11-18-33/h8-32,55H,1-7H3. The quantitative estimate of drug-likeness (QED) is 0.186. The zero-order chi connectivity index (χ0) is 38.5. The van der Waals surface area contributed by atoms with Gasteiger partial charge in [0.15, 0.2) is 0 Å². The number of fused-ring (bicyclic) bond motifs is 1. The number of hydrogen-bond donors (Lipinski definition) is 1. The number of pyridine rings is 1.